The molecule has 0 aliphatic rings. The molecule has 0 saturated heterocycles. The number of carbonyl (C=O) groups excluding carboxylic acids is 2. The largest absolute Gasteiger partial charge is 0.449 e. The molecular formula is C17H23N3O3. The fourth-order valence-corrected chi connectivity index (χ4v) is 2.66. The van der Waals surface area contributed by atoms with Gasteiger partial charge in [0.2, 0.25) is 0 Å². The predicted molar refractivity (Wildman–Crippen MR) is 88.1 cm³/mol. The van der Waals surface area contributed by atoms with Gasteiger partial charge in [-0.1, -0.05) is 6.07 Å². The topological polar surface area (TPSA) is 75.3 Å². The minimum absolute atomic E-state index is 0.0463. The van der Waals surface area contributed by atoms with E-state index in [-0.39, 0.29) is 18.0 Å². The van der Waals surface area contributed by atoms with Gasteiger partial charge >= 0.3 is 5.97 Å². The molecule has 1 atom stereocenters. The van der Waals surface area contributed by atoms with Gasteiger partial charge in [0.05, 0.1) is 17.3 Å². The van der Waals surface area contributed by atoms with E-state index < -0.39 is 12.1 Å². The zero-order valence-electron chi connectivity index (χ0n) is 14.2. The fraction of sp³-hybridized carbons (Fsp3) is 0.471. The van der Waals surface area contributed by atoms with E-state index in [1.807, 2.05) is 27.7 Å². The molecule has 2 aromatic rings. The number of rotatable bonds is 5. The van der Waals surface area contributed by atoms with Gasteiger partial charge < -0.3 is 9.64 Å². The highest BCUT2D eigenvalue weighted by molar-refractivity contribution is 5.95. The molecule has 1 N–H and O–H groups in total. The molecule has 1 aromatic carbocycles. The van der Waals surface area contributed by atoms with Crippen molar-refractivity contribution in [3.8, 4) is 0 Å². The van der Waals surface area contributed by atoms with Gasteiger partial charge in [-0.15, -0.1) is 0 Å². The summed E-state index contributed by atoms with van der Waals surface area (Å²) >= 11 is 0. The van der Waals surface area contributed by atoms with E-state index in [9.17, 15) is 9.59 Å². The number of hydrogen-bond donors (Lipinski definition) is 1. The number of hydrogen-bond acceptors (Lipinski definition) is 4. The minimum Gasteiger partial charge on any atom is -0.449 e. The summed E-state index contributed by atoms with van der Waals surface area (Å²) in [5.74, 6) is -0.708. The quantitative estimate of drug-likeness (QED) is 0.860. The van der Waals surface area contributed by atoms with E-state index in [1.165, 1.54) is 0 Å². The SMILES string of the molecule is CC(C)N(C(=O)[C@@H](C)OC(=O)c1ccc2cn[nH]c2c1)C(C)C. The lowest BCUT2D eigenvalue weighted by atomic mass is 10.1. The van der Waals surface area contributed by atoms with Crippen LogP contribution in [0.4, 0.5) is 0 Å². The molecule has 1 amide bonds. The summed E-state index contributed by atoms with van der Waals surface area (Å²) < 4.78 is 5.34. The average molecular weight is 317 g/mol. The number of aromatic amines is 1. The number of fused-ring (bicyclic) bond motifs is 1. The van der Waals surface area contributed by atoms with Crippen molar-refractivity contribution in [3.63, 3.8) is 0 Å². The third-order valence-corrected chi connectivity index (χ3v) is 3.68. The number of amides is 1. The Balaban J connectivity index is 2.10. The maximum Gasteiger partial charge on any atom is 0.338 e. The van der Waals surface area contributed by atoms with Gasteiger partial charge in [-0.3, -0.25) is 9.89 Å². The van der Waals surface area contributed by atoms with E-state index in [2.05, 4.69) is 10.2 Å². The molecular weight excluding hydrogens is 294 g/mol. The smallest absolute Gasteiger partial charge is 0.338 e. The third kappa shape index (κ3) is 3.70. The molecule has 6 nitrogen and oxygen atoms in total. The van der Waals surface area contributed by atoms with E-state index >= 15 is 0 Å². The Kier molecular flexibility index (Phi) is 5.03. The fourth-order valence-electron chi connectivity index (χ4n) is 2.66. The van der Waals surface area contributed by atoms with Crippen molar-refractivity contribution >= 4 is 22.8 Å². The normalized spacial score (nSPS) is 12.7. The first-order valence-corrected chi connectivity index (χ1v) is 7.77. The Morgan fingerprint density at radius 3 is 2.39 bits per heavy atom. The molecule has 2 rings (SSSR count). The molecule has 0 saturated carbocycles. The van der Waals surface area contributed by atoms with Crippen LogP contribution in [0.3, 0.4) is 0 Å². The van der Waals surface area contributed by atoms with Crippen molar-refractivity contribution in [2.45, 2.75) is 52.8 Å². The lowest BCUT2D eigenvalue weighted by Gasteiger charge is -2.32. The summed E-state index contributed by atoms with van der Waals surface area (Å²) in [5.41, 5.74) is 1.14. The van der Waals surface area contributed by atoms with Crippen LogP contribution in [0.1, 0.15) is 45.0 Å². The maximum absolute atomic E-state index is 12.5. The van der Waals surface area contributed by atoms with Gasteiger partial charge in [-0.25, -0.2) is 4.79 Å². The summed E-state index contributed by atoms with van der Waals surface area (Å²) in [4.78, 5) is 26.5. The van der Waals surface area contributed by atoms with E-state index in [4.69, 9.17) is 4.74 Å². The molecule has 0 radical (unpaired) electrons. The molecule has 0 unspecified atom stereocenters. The van der Waals surface area contributed by atoms with Crippen LogP contribution in [0.25, 0.3) is 10.9 Å². The highest BCUT2D eigenvalue weighted by Crippen LogP contribution is 2.15. The van der Waals surface area contributed by atoms with Crippen LogP contribution in [0, 0.1) is 0 Å². The number of aromatic nitrogens is 2. The maximum atomic E-state index is 12.5. The zero-order chi connectivity index (χ0) is 17.1. The van der Waals surface area contributed by atoms with Crippen LogP contribution < -0.4 is 0 Å². The molecule has 6 heteroatoms. The van der Waals surface area contributed by atoms with E-state index in [0.717, 1.165) is 10.9 Å². The molecule has 1 aromatic heterocycles. The first-order chi connectivity index (χ1) is 10.8. The van der Waals surface area contributed by atoms with Crippen LogP contribution in [0.2, 0.25) is 0 Å². The van der Waals surface area contributed by atoms with Crippen molar-refractivity contribution < 1.29 is 14.3 Å². The van der Waals surface area contributed by atoms with Gasteiger partial charge in [0.15, 0.2) is 6.10 Å². The first-order valence-electron chi connectivity index (χ1n) is 7.77. The second-order valence-corrected chi connectivity index (χ2v) is 6.15. The first kappa shape index (κ1) is 17.0. The monoisotopic (exact) mass is 317 g/mol. The number of H-pyrrole nitrogens is 1. The Hall–Kier alpha value is -2.37. The number of esters is 1. The minimum atomic E-state index is -0.829. The summed E-state index contributed by atoms with van der Waals surface area (Å²) in [6.45, 7) is 9.38. The van der Waals surface area contributed by atoms with Gasteiger partial charge in [-0.05, 0) is 46.8 Å². The highest BCUT2D eigenvalue weighted by Gasteiger charge is 2.28. The summed E-state index contributed by atoms with van der Waals surface area (Å²) in [7, 11) is 0. The molecule has 23 heavy (non-hydrogen) atoms. The molecule has 0 fully saturated rings. The summed E-state index contributed by atoms with van der Waals surface area (Å²) in [5, 5.41) is 7.63. The van der Waals surface area contributed by atoms with Gasteiger partial charge in [0.25, 0.3) is 5.91 Å². The Morgan fingerprint density at radius 2 is 1.78 bits per heavy atom. The van der Waals surface area contributed by atoms with Gasteiger partial charge in [-0.2, -0.15) is 5.10 Å². The van der Waals surface area contributed by atoms with Crippen molar-refractivity contribution in [1.29, 1.82) is 0 Å². The van der Waals surface area contributed by atoms with Crippen LogP contribution in [0.5, 0.6) is 0 Å². The average Bonchev–Trinajstić information content (AvgIpc) is 2.93. The third-order valence-electron chi connectivity index (χ3n) is 3.68. The molecule has 0 spiro atoms. The van der Waals surface area contributed by atoms with Gasteiger partial charge in [0, 0.05) is 17.5 Å². The van der Waals surface area contributed by atoms with Crippen molar-refractivity contribution in [2.24, 2.45) is 0 Å². The number of nitrogens with zero attached hydrogens (tertiary/aromatic N) is 2. The number of ether oxygens (including phenoxy) is 1. The van der Waals surface area contributed by atoms with Crippen LogP contribution in [-0.2, 0) is 9.53 Å². The van der Waals surface area contributed by atoms with Crippen LogP contribution >= 0.6 is 0 Å². The number of carbonyl (C=O) groups is 2. The van der Waals surface area contributed by atoms with Crippen molar-refractivity contribution in [3.05, 3.63) is 30.0 Å². The number of benzene rings is 1. The van der Waals surface area contributed by atoms with Crippen LogP contribution in [-0.4, -0.2) is 45.2 Å². The van der Waals surface area contributed by atoms with E-state index in [1.54, 1.807) is 36.2 Å². The van der Waals surface area contributed by atoms with Crippen LogP contribution in [0.15, 0.2) is 24.4 Å². The van der Waals surface area contributed by atoms with Gasteiger partial charge in [0.1, 0.15) is 0 Å². The molecule has 0 bridgehead atoms. The van der Waals surface area contributed by atoms with E-state index in [0.29, 0.717) is 5.56 Å². The lowest BCUT2D eigenvalue weighted by molar-refractivity contribution is -0.143. The molecule has 124 valence electrons. The van der Waals surface area contributed by atoms with Crippen molar-refractivity contribution in [2.75, 3.05) is 0 Å². The Morgan fingerprint density at radius 1 is 1.13 bits per heavy atom. The second kappa shape index (κ2) is 6.81. The molecule has 1 heterocycles. The zero-order valence-corrected chi connectivity index (χ0v) is 14.2. The lowest BCUT2D eigenvalue weighted by Crippen LogP contribution is -2.47. The summed E-state index contributed by atoms with van der Waals surface area (Å²) in [6.07, 6.45) is 0.851. The molecule has 0 aliphatic heterocycles. The van der Waals surface area contributed by atoms with Crippen molar-refractivity contribution in [1.82, 2.24) is 15.1 Å². The summed E-state index contributed by atoms with van der Waals surface area (Å²) in [6, 6.07) is 5.22. The molecule has 0 aliphatic carbocycles. The highest BCUT2D eigenvalue weighted by atomic mass is 16.5. The number of nitrogens with one attached hydrogen (secondary N) is 1. The Bertz CT molecular complexity index is 698. The Labute approximate surface area is 135 Å². The second-order valence-electron chi connectivity index (χ2n) is 6.15. The predicted octanol–water partition coefficient (Wildman–Crippen LogP) is 2.75. The standard InChI is InChI=1S/C17H23N3O3/c1-10(2)20(11(3)4)16(21)12(5)23-17(22)13-6-7-14-9-18-19-15(14)8-13/h6-12H,1-5H3,(H,18,19)/t12-/m1/s1.